The Balaban J connectivity index is 2.28. The van der Waals surface area contributed by atoms with E-state index in [2.05, 4.69) is 0 Å². The van der Waals surface area contributed by atoms with Crippen LogP contribution < -0.4 is 4.90 Å². The van der Waals surface area contributed by atoms with Crippen molar-refractivity contribution in [1.82, 2.24) is 0 Å². The lowest BCUT2D eigenvalue weighted by Crippen LogP contribution is -2.08. The Kier molecular flexibility index (Phi) is 5.07. The summed E-state index contributed by atoms with van der Waals surface area (Å²) in [5.74, 6) is -0.468. The molecule has 0 aliphatic carbocycles. The summed E-state index contributed by atoms with van der Waals surface area (Å²) >= 11 is 0. The van der Waals surface area contributed by atoms with Crippen LogP contribution in [0.15, 0.2) is 54.1 Å². The Bertz CT molecular complexity index is 829. The smallest absolute Gasteiger partial charge is 0.269 e. The number of allylic oxidation sites excluding steroid dienone is 1. The van der Waals surface area contributed by atoms with Gasteiger partial charge in [0, 0.05) is 37.5 Å². The molecule has 24 heavy (non-hydrogen) atoms. The van der Waals surface area contributed by atoms with Crippen LogP contribution in [0.5, 0.6) is 0 Å². The molecule has 2 rings (SSSR count). The highest BCUT2D eigenvalue weighted by molar-refractivity contribution is 6.14. The van der Waals surface area contributed by atoms with Gasteiger partial charge in [-0.3, -0.25) is 14.9 Å². The highest BCUT2D eigenvalue weighted by Crippen LogP contribution is 2.18. The number of nitrogens with zero attached hydrogens (tertiary/aromatic N) is 3. The van der Waals surface area contributed by atoms with Crippen LogP contribution in [0.4, 0.5) is 11.4 Å². The molecule has 0 atom stereocenters. The number of Topliss-reactive ketones (excluding diaryl/α,β-unsaturated/α-hetero) is 1. The largest absolute Gasteiger partial charge is 0.378 e. The molecular formula is C18H15N3O3. The van der Waals surface area contributed by atoms with Crippen LogP contribution in [-0.4, -0.2) is 24.8 Å². The van der Waals surface area contributed by atoms with Gasteiger partial charge in [0.05, 0.1) is 4.92 Å². The molecule has 0 saturated heterocycles. The molecule has 0 spiro atoms. The first-order valence-corrected chi connectivity index (χ1v) is 7.10. The third-order valence-corrected chi connectivity index (χ3v) is 3.43. The van der Waals surface area contributed by atoms with Gasteiger partial charge in [0.15, 0.2) is 0 Å². The van der Waals surface area contributed by atoms with Crippen molar-refractivity contribution in [2.24, 2.45) is 0 Å². The number of benzene rings is 2. The zero-order valence-corrected chi connectivity index (χ0v) is 13.3. The molecule has 0 aliphatic heterocycles. The molecular weight excluding hydrogens is 306 g/mol. The van der Waals surface area contributed by atoms with E-state index in [0.29, 0.717) is 0 Å². The van der Waals surface area contributed by atoms with Gasteiger partial charge in [-0.15, -0.1) is 0 Å². The van der Waals surface area contributed by atoms with Crippen LogP contribution >= 0.6 is 0 Å². The standard InChI is InChI=1S/C18H15N3O3/c1-20(2)16-7-3-13(4-8-16)11-15(12-19)18(22)14-5-9-17(10-6-14)21(23)24/h3-11H,1-2H3. The summed E-state index contributed by atoms with van der Waals surface area (Å²) < 4.78 is 0. The van der Waals surface area contributed by atoms with Gasteiger partial charge in [-0.05, 0) is 35.9 Å². The van der Waals surface area contributed by atoms with E-state index >= 15 is 0 Å². The monoisotopic (exact) mass is 321 g/mol. The number of rotatable bonds is 5. The summed E-state index contributed by atoms with van der Waals surface area (Å²) in [6.45, 7) is 0. The van der Waals surface area contributed by atoms with Gasteiger partial charge in [0.25, 0.3) is 5.69 Å². The zero-order chi connectivity index (χ0) is 17.7. The molecule has 0 heterocycles. The van der Waals surface area contributed by atoms with Crippen molar-refractivity contribution in [2.45, 2.75) is 0 Å². The molecule has 6 nitrogen and oxygen atoms in total. The Morgan fingerprint density at radius 2 is 1.71 bits per heavy atom. The Morgan fingerprint density at radius 1 is 1.12 bits per heavy atom. The van der Waals surface area contributed by atoms with Crippen molar-refractivity contribution < 1.29 is 9.72 Å². The van der Waals surface area contributed by atoms with Crippen molar-refractivity contribution >= 4 is 23.2 Å². The number of ketones is 1. The van der Waals surface area contributed by atoms with E-state index in [4.69, 9.17) is 0 Å². The molecule has 0 fully saturated rings. The normalized spacial score (nSPS) is 10.8. The van der Waals surface area contributed by atoms with Gasteiger partial charge in [0.2, 0.25) is 5.78 Å². The minimum Gasteiger partial charge on any atom is -0.378 e. The number of nitriles is 1. The molecule has 0 saturated carbocycles. The number of carbonyl (C=O) groups is 1. The number of anilines is 1. The highest BCUT2D eigenvalue weighted by atomic mass is 16.6. The minimum atomic E-state index is -0.540. The second-order valence-corrected chi connectivity index (χ2v) is 5.29. The molecule has 0 amide bonds. The van der Waals surface area contributed by atoms with Crippen molar-refractivity contribution in [1.29, 1.82) is 5.26 Å². The lowest BCUT2D eigenvalue weighted by molar-refractivity contribution is -0.384. The van der Waals surface area contributed by atoms with E-state index in [9.17, 15) is 20.2 Å². The second-order valence-electron chi connectivity index (χ2n) is 5.29. The Hall–Kier alpha value is -3.46. The Morgan fingerprint density at radius 3 is 2.17 bits per heavy atom. The second kappa shape index (κ2) is 7.20. The summed E-state index contributed by atoms with van der Waals surface area (Å²) in [5.41, 5.74) is 1.84. The SMILES string of the molecule is CN(C)c1ccc(C=C(C#N)C(=O)c2ccc([N+](=O)[O-])cc2)cc1. The van der Waals surface area contributed by atoms with Gasteiger partial charge < -0.3 is 4.90 Å². The maximum atomic E-state index is 12.4. The quantitative estimate of drug-likeness (QED) is 0.277. The summed E-state index contributed by atoms with van der Waals surface area (Å²) in [6.07, 6.45) is 1.50. The fraction of sp³-hybridized carbons (Fsp3) is 0.111. The number of nitro benzene ring substituents is 1. The van der Waals surface area contributed by atoms with E-state index < -0.39 is 10.7 Å². The number of nitro groups is 1. The fourth-order valence-corrected chi connectivity index (χ4v) is 2.07. The average Bonchev–Trinajstić information content (AvgIpc) is 2.59. The van der Waals surface area contributed by atoms with E-state index in [-0.39, 0.29) is 16.8 Å². The van der Waals surface area contributed by atoms with E-state index in [1.807, 2.05) is 49.3 Å². The predicted octanol–water partition coefficient (Wildman–Crippen LogP) is 3.45. The number of carbonyl (C=O) groups excluding carboxylic acids is 1. The van der Waals surface area contributed by atoms with E-state index in [1.165, 1.54) is 30.3 Å². The molecule has 120 valence electrons. The number of non-ortho nitro benzene ring substituents is 1. The minimum absolute atomic E-state index is 0.0264. The third kappa shape index (κ3) is 3.84. The zero-order valence-electron chi connectivity index (χ0n) is 13.3. The molecule has 2 aromatic carbocycles. The topological polar surface area (TPSA) is 87.2 Å². The predicted molar refractivity (Wildman–Crippen MR) is 91.8 cm³/mol. The van der Waals surface area contributed by atoms with Crippen LogP contribution in [0.2, 0.25) is 0 Å². The third-order valence-electron chi connectivity index (χ3n) is 3.43. The first kappa shape index (κ1) is 16.9. The number of hydrogen-bond acceptors (Lipinski definition) is 5. The van der Waals surface area contributed by atoms with E-state index in [1.54, 1.807) is 0 Å². The van der Waals surface area contributed by atoms with Crippen molar-refractivity contribution in [3.05, 3.63) is 75.3 Å². The highest BCUT2D eigenvalue weighted by Gasteiger charge is 2.14. The molecule has 0 aromatic heterocycles. The average molecular weight is 321 g/mol. The van der Waals surface area contributed by atoms with Crippen LogP contribution in [0.3, 0.4) is 0 Å². The first-order valence-electron chi connectivity index (χ1n) is 7.10. The summed E-state index contributed by atoms with van der Waals surface area (Å²) in [6, 6.07) is 14.5. The molecule has 2 aromatic rings. The maximum absolute atomic E-state index is 12.4. The van der Waals surface area contributed by atoms with Gasteiger partial charge in [-0.1, -0.05) is 12.1 Å². The fourth-order valence-electron chi connectivity index (χ4n) is 2.07. The van der Waals surface area contributed by atoms with Crippen molar-refractivity contribution in [3.63, 3.8) is 0 Å². The molecule has 0 unspecified atom stereocenters. The lowest BCUT2D eigenvalue weighted by atomic mass is 10.0. The maximum Gasteiger partial charge on any atom is 0.269 e. The van der Waals surface area contributed by atoms with Crippen LogP contribution in [0.1, 0.15) is 15.9 Å². The van der Waals surface area contributed by atoms with Crippen molar-refractivity contribution in [3.8, 4) is 6.07 Å². The molecule has 0 N–H and O–H groups in total. The van der Waals surface area contributed by atoms with Gasteiger partial charge in [-0.25, -0.2) is 0 Å². The summed E-state index contributed by atoms with van der Waals surface area (Å²) in [5, 5.41) is 19.9. The van der Waals surface area contributed by atoms with Crippen LogP contribution in [-0.2, 0) is 0 Å². The van der Waals surface area contributed by atoms with E-state index in [0.717, 1.165) is 11.3 Å². The van der Waals surface area contributed by atoms with Crippen molar-refractivity contribution in [2.75, 3.05) is 19.0 Å². The molecule has 0 bridgehead atoms. The van der Waals surface area contributed by atoms with Gasteiger partial charge >= 0.3 is 0 Å². The first-order chi connectivity index (χ1) is 11.4. The van der Waals surface area contributed by atoms with Gasteiger partial charge in [-0.2, -0.15) is 5.26 Å². The molecule has 0 radical (unpaired) electrons. The number of hydrogen-bond donors (Lipinski definition) is 0. The summed E-state index contributed by atoms with van der Waals surface area (Å²) in [4.78, 5) is 24.4. The van der Waals surface area contributed by atoms with Crippen LogP contribution in [0, 0.1) is 21.4 Å². The van der Waals surface area contributed by atoms with Gasteiger partial charge in [0.1, 0.15) is 11.6 Å². The molecule has 0 aliphatic rings. The summed E-state index contributed by atoms with van der Waals surface area (Å²) in [7, 11) is 3.84. The van der Waals surface area contributed by atoms with Crippen LogP contribution in [0.25, 0.3) is 6.08 Å². The lowest BCUT2D eigenvalue weighted by Gasteiger charge is -2.11. The Labute approximate surface area is 139 Å². The molecule has 6 heteroatoms.